The van der Waals surface area contributed by atoms with Crippen LogP contribution >= 0.6 is 15.9 Å². The van der Waals surface area contributed by atoms with Crippen molar-refractivity contribution in [2.45, 2.75) is 37.7 Å². The minimum Gasteiger partial charge on any atom is -0.375 e. The molecule has 1 aliphatic heterocycles. The molecule has 1 aliphatic rings. The molecule has 0 aromatic heterocycles. The number of rotatable bonds is 3. The van der Waals surface area contributed by atoms with Gasteiger partial charge in [0.1, 0.15) is 0 Å². The molecule has 0 amide bonds. The molecule has 0 aliphatic carbocycles. The summed E-state index contributed by atoms with van der Waals surface area (Å²) >= 11 is 3.48. The first-order valence-electron chi connectivity index (χ1n) is 6.27. The Bertz CT molecular complexity index is 352. The molecule has 1 fully saturated rings. The Hall–Kier alpha value is -0.540. The number of halogens is 1. The van der Waals surface area contributed by atoms with Gasteiger partial charge in [-0.25, -0.2) is 0 Å². The van der Waals surface area contributed by atoms with Gasteiger partial charge in [-0.3, -0.25) is 0 Å². The summed E-state index contributed by atoms with van der Waals surface area (Å²) in [6, 6.07) is 9.34. The third kappa shape index (κ3) is 3.02. The minimum atomic E-state index is 0.327. The number of nitrogens with zero attached hydrogens (tertiary/aromatic N) is 1. The van der Waals surface area contributed by atoms with Gasteiger partial charge in [0, 0.05) is 17.6 Å². The average molecular weight is 298 g/mol. The normalized spacial score (nSPS) is 25.0. The maximum absolute atomic E-state index is 5.73. The number of alkyl halides is 1. The molecule has 2 rings (SSSR count). The van der Waals surface area contributed by atoms with Crippen molar-refractivity contribution in [3.63, 3.8) is 0 Å². The molecule has 17 heavy (non-hydrogen) atoms. The maximum Gasteiger partial charge on any atom is 0.0723 e. The van der Waals surface area contributed by atoms with Gasteiger partial charge < -0.3 is 9.64 Å². The van der Waals surface area contributed by atoms with Crippen LogP contribution in [0.4, 0.5) is 5.69 Å². The summed E-state index contributed by atoms with van der Waals surface area (Å²) in [6.45, 7) is 6.21. The zero-order valence-corrected chi connectivity index (χ0v) is 12.1. The fraction of sp³-hybridized carbons (Fsp3) is 0.571. The second kappa shape index (κ2) is 5.87. The predicted molar refractivity (Wildman–Crippen MR) is 75.9 cm³/mol. The van der Waals surface area contributed by atoms with E-state index in [2.05, 4.69) is 58.9 Å². The molecule has 1 aromatic carbocycles. The highest BCUT2D eigenvalue weighted by Gasteiger charge is 2.25. The number of benzene rings is 1. The first kappa shape index (κ1) is 12.9. The van der Waals surface area contributed by atoms with Crippen LogP contribution in [0.25, 0.3) is 0 Å². The van der Waals surface area contributed by atoms with Crippen molar-refractivity contribution in [2.24, 2.45) is 0 Å². The third-order valence-corrected chi connectivity index (χ3v) is 4.01. The van der Waals surface area contributed by atoms with Crippen molar-refractivity contribution in [3.05, 3.63) is 29.8 Å². The van der Waals surface area contributed by atoms with Crippen molar-refractivity contribution in [3.8, 4) is 0 Å². The minimum absolute atomic E-state index is 0.327. The highest BCUT2D eigenvalue weighted by atomic mass is 79.9. The average Bonchev–Trinajstić information content (AvgIpc) is 2.39. The van der Waals surface area contributed by atoms with E-state index in [1.54, 1.807) is 0 Å². The Kier molecular flexibility index (Phi) is 4.46. The van der Waals surface area contributed by atoms with Gasteiger partial charge in [-0.1, -0.05) is 35.0 Å². The fourth-order valence-electron chi connectivity index (χ4n) is 2.28. The van der Waals surface area contributed by atoms with Gasteiger partial charge in [-0.05, 0) is 31.0 Å². The summed E-state index contributed by atoms with van der Waals surface area (Å²) in [5.41, 5.74) is 2.64. The molecule has 94 valence electrons. The van der Waals surface area contributed by atoms with Gasteiger partial charge in [-0.15, -0.1) is 0 Å². The molecule has 2 atom stereocenters. The summed E-state index contributed by atoms with van der Waals surface area (Å²) < 4.78 is 5.73. The van der Waals surface area contributed by atoms with E-state index >= 15 is 0 Å². The van der Waals surface area contributed by atoms with E-state index in [0.717, 1.165) is 24.9 Å². The lowest BCUT2D eigenvalue weighted by atomic mass is 10.1. The van der Waals surface area contributed by atoms with Crippen molar-refractivity contribution in [1.29, 1.82) is 0 Å². The summed E-state index contributed by atoms with van der Waals surface area (Å²) in [5.74, 6) is 0. The molecule has 2 unspecified atom stereocenters. The molecule has 1 aromatic rings. The van der Waals surface area contributed by atoms with Crippen molar-refractivity contribution in [2.75, 3.05) is 18.1 Å². The molecule has 0 spiro atoms. The van der Waals surface area contributed by atoms with Crippen LogP contribution in [-0.2, 0) is 10.1 Å². The number of morpholine rings is 1. The predicted octanol–water partition coefficient (Wildman–Crippen LogP) is 3.59. The molecule has 0 bridgehead atoms. The van der Waals surface area contributed by atoms with Crippen LogP contribution in [0, 0.1) is 0 Å². The second-order valence-corrected chi connectivity index (χ2v) is 5.22. The first-order valence-corrected chi connectivity index (χ1v) is 7.40. The maximum atomic E-state index is 5.73. The van der Waals surface area contributed by atoms with Gasteiger partial charge in [-0.2, -0.15) is 0 Å². The molecule has 2 nitrogen and oxygen atoms in total. The lowest BCUT2D eigenvalue weighted by Gasteiger charge is -2.40. The van der Waals surface area contributed by atoms with Crippen LogP contribution in [0.5, 0.6) is 0 Å². The van der Waals surface area contributed by atoms with Crippen molar-refractivity contribution >= 4 is 21.6 Å². The van der Waals surface area contributed by atoms with E-state index < -0.39 is 0 Å². The second-order valence-electron chi connectivity index (χ2n) is 4.66. The van der Waals surface area contributed by atoms with Gasteiger partial charge in [0.2, 0.25) is 0 Å². The van der Waals surface area contributed by atoms with E-state index in [0.29, 0.717) is 12.1 Å². The van der Waals surface area contributed by atoms with Crippen LogP contribution in [0.2, 0.25) is 0 Å². The Labute approximate surface area is 112 Å². The Morgan fingerprint density at radius 2 is 2.06 bits per heavy atom. The summed E-state index contributed by atoms with van der Waals surface area (Å²) in [7, 11) is 0. The molecule has 0 saturated carbocycles. The van der Waals surface area contributed by atoms with Gasteiger partial charge in [0.25, 0.3) is 0 Å². The molecule has 0 N–H and O–H groups in total. The molecule has 1 saturated heterocycles. The monoisotopic (exact) mass is 297 g/mol. The number of ether oxygens (including phenoxy) is 1. The van der Waals surface area contributed by atoms with E-state index in [1.807, 2.05) is 0 Å². The third-order valence-electron chi connectivity index (χ3n) is 3.36. The van der Waals surface area contributed by atoms with E-state index in [4.69, 9.17) is 4.74 Å². The number of hydrogen-bond acceptors (Lipinski definition) is 2. The van der Waals surface area contributed by atoms with Gasteiger partial charge in [0.05, 0.1) is 18.8 Å². The SMILES string of the molecule is CCC1COC(C)CN1c1ccc(CBr)cc1. The molecule has 3 heteroatoms. The Morgan fingerprint density at radius 1 is 1.35 bits per heavy atom. The van der Waals surface area contributed by atoms with Crippen LogP contribution in [0.3, 0.4) is 0 Å². The van der Waals surface area contributed by atoms with Crippen molar-refractivity contribution in [1.82, 2.24) is 0 Å². The topological polar surface area (TPSA) is 12.5 Å². The van der Waals surface area contributed by atoms with Crippen LogP contribution in [0.15, 0.2) is 24.3 Å². The zero-order valence-electron chi connectivity index (χ0n) is 10.5. The summed E-state index contributed by atoms with van der Waals surface area (Å²) in [5, 5.41) is 0.921. The van der Waals surface area contributed by atoms with Crippen LogP contribution in [-0.4, -0.2) is 25.3 Å². The Balaban J connectivity index is 2.16. The summed E-state index contributed by atoms with van der Waals surface area (Å²) in [6.07, 6.45) is 1.46. The van der Waals surface area contributed by atoms with Gasteiger partial charge >= 0.3 is 0 Å². The molecule has 0 radical (unpaired) electrons. The van der Waals surface area contributed by atoms with E-state index in [1.165, 1.54) is 11.3 Å². The number of anilines is 1. The highest BCUT2D eigenvalue weighted by Crippen LogP contribution is 2.24. The quantitative estimate of drug-likeness (QED) is 0.791. The van der Waals surface area contributed by atoms with Crippen molar-refractivity contribution < 1.29 is 4.74 Å². The zero-order chi connectivity index (χ0) is 12.3. The standard InChI is InChI=1S/C14H20BrNO/c1-3-13-10-17-11(2)9-16(13)14-6-4-12(8-15)5-7-14/h4-7,11,13H,3,8-10H2,1-2H3. The number of hydrogen-bond donors (Lipinski definition) is 0. The highest BCUT2D eigenvalue weighted by molar-refractivity contribution is 9.08. The molecule has 1 heterocycles. The largest absolute Gasteiger partial charge is 0.375 e. The van der Waals surface area contributed by atoms with Crippen LogP contribution in [0.1, 0.15) is 25.8 Å². The van der Waals surface area contributed by atoms with Crippen LogP contribution < -0.4 is 4.90 Å². The molecular weight excluding hydrogens is 278 g/mol. The summed E-state index contributed by atoms with van der Waals surface area (Å²) in [4.78, 5) is 2.48. The smallest absolute Gasteiger partial charge is 0.0723 e. The van der Waals surface area contributed by atoms with E-state index in [-0.39, 0.29) is 0 Å². The first-order chi connectivity index (χ1) is 8.24. The molecular formula is C14H20BrNO. The lowest BCUT2D eigenvalue weighted by Crippen LogP contribution is -2.48. The lowest BCUT2D eigenvalue weighted by molar-refractivity contribution is 0.0299. The van der Waals surface area contributed by atoms with Gasteiger partial charge in [0.15, 0.2) is 0 Å². The fourth-order valence-corrected chi connectivity index (χ4v) is 2.65. The Morgan fingerprint density at radius 3 is 2.65 bits per heavy atom. The van der Waals surface area contributed by atoms with E-state index in [9.17, 15) is 0 Å².